The van der Waals surface area contributed by atoms with Gasteiger partial charge in [-0.1, -0.05) is 71.4 Å². The third-order valence-corrected chi connectivity index (χ3v) is 16.2. The van der Waals surface area contributed by atoms with Gasteiger partial charge in [-0.2, -0.15) is 4.31 Å². The van der Waals surface area contributed by atoms with Gasteiger partial charge in [-0.3, -0.25) is 0 Å². The summed E-state index contributed by atoms with van der Waals surface area (Å²) in [5, 5.41) is 0. The molecular formula is C30H43NO6SSi. The van der Waals surface area contributed by atoms with Crippen LogP contribution in [0, 0.1) is 12.8 Å². The lowest BCUT2D eigenvalue weighted by molar-refractivity contribution is -0.114. The van der Waals surface area contributed by atoms with Crippen molar-refractivity contribution in [1.29, 1.82) is 0 Å². The smallest absolute Gasteiger partial charge is 0.337 e. The summed E-state index contributed by atoms with van der Waals surface area (Å²) in [4.78, 5) is 24.8. The molecule has 1 aliphatic heterocycles. The number of hydrogen-bond donors (Lipinski definition) is 0. The predicted octanol–water partition coefficient (Wildman–Crippen LogP) is 5.95. The molecule has 0 bridgehead atoms. The van der Waals surface area contributed by atoms with E-state index in [0.717, 1.165) is 17.4 Å². The molecular weight excluding hydrogens is 530 g/mol. The predicted molar refractivity (Wildman–Crippen MR) is 156 cm³/mol. The van der Waals surface area contributed by atoms with E-state index in [1.54, 1.807) is 36.4 Å². The largest absolute Gasteiger partial charge is 0.465 e. The van der Waals surface area contributed by atoms with Gasteiger partial charge in [0.1, 0.15) is 6.29 Å². The van der Waals surface area contributed by atoms with Crippen molar-refractivity contribution in [3.05, 3.63) is 65.2 Å². The van der Waals surface area contributed by atoms with Gasteiger partial charge in [0.15, 0.2) is 0 Å². The molecule has 3 rings (SSSR count). The monoisotopic (exact) mass is 573 g/mol. The first-order chi connectivity index (χ1) is 18.3. The molecule has 1 aliphatic rings. The topological polar surface area (TPSA) is 90.0 Å². The maximum atomic E-state index is 13.8. The minimum absolute atomic E-state index is 0.0581. The lowest BCUT2D eigenvalue weighted by atomic mass is 9.80. The highest BCUT2D eigenvalue weighted by molar-refractivity contribution is 7.89. The maximum Gasteiger partial charge on any atom is 0.337 e. The van der Waals surface area contributed by atoms with Gasteiger partial charge >= 0.3 is 5.97 Å². The number of aldehydes is 1. The molecule has 3 atom stereocenters. The molecule has 9 heteroatoms. The van der Waals surface area contributed by atoms with Crippen LogP contribution in [0.2, 0.25) is 16.6 Å². The fourth-order valence-corrected chi connectivity index (χ4v) is 13.5. The van der Waals surface area contributed by atoms with Crippen molar-refractivity contribution in [2.45, 2.75) is 82.0 Å². The van der Waals surface area contributed by atoms with Crippen molar-refractivity contribution in [2.24, 2.45) is 5.92 Å². The summed E-state index contributed by atoms with van der Waals surface area (Å²) in [6, 6.07) is 13.8. The highest BCUT2D eigenvalue weighted by Crippen LogP contribution is 2.46. The molecule has 2 aromatic carbocycles. The van der Waals surface area contributed by atoms with Crippen molar-refractivity contribution in [1.82, 2.24) is 4.31 Å². The molecule has 0 radical (unpaired) electrons. The second kappa shape index (κ2) is 12.5. The van der Waals surface area contributed by atoms with Gasteiger partial charge < -0.3 is 14.0 Å². The fourth-order valence-electron chi connectivity index (χ4n) is 6.40. The summed E-state index contributed by atoms with van der Waals surface area (Å²) in [6.07, 6.45) is 0.326. The first-order valence-electron chi connectivity index (χ1n) is 13.7. The minimum Gasteiger partial charge on any atom is -0.465 e. The number of carbonyl (C=O) groups is 2. The lowest BCUT2D eigenvalue weighted by Gasteiger charge is -2.49. The van der Waals surface area contributed by atoms with Crippen molar-refractivity contribution in [3.63, 3.8) is 0 Å². The van der Waals surface area contributed by atoms with Gasteiger partial charge in [0.2, 0.25) is 18.3 Å². The molecule has 0 amide bonds. The van der Waals surface area contributed by atoms with Crippen LogP contribution in [0.5, 0.6) is 0 Å². The van der Waals surface area contributed by atoms with E-state index in [1.165, 1.54) is 11.4 Å². The Bertz CT molecular complexity index is 1220. The zero-order valence-corrected chi connectivity index (χ0v) is 26.2. The van der Waals surface area contributed by atoms with Crippen LogP contribution >= 0.6 is 0 Å². The molecule has 1 fully saturated rings. The lowest BCUT2D eigenvalue weighted by Crippen LogP contribution is -2.58. The second-order valence-corrected chi connectivity index (χ2v) is 18.9. The number of sulfonamides is 1. The van der Waals surface area contributed by atoms with Crippen molar-refractivity contribution in [2.75, 3.05) is 20.2 Å². The average molecular weight is 574 g/mol. The summed E-state index contributed by atoms with van der Waals surface area (Å²) < 4.78 is 41.1. The normalized spacial score (nSPS) is 20.9. The molecule has 1 saturated heterocycles. The maximum absolute atomic E-state index is 13.8. The SMILES string of the molecule is COC(=O)c1ccc(C2C(C=O)CN(S(=O)(=O)c3ccc(C)cc3)CC2O[Si](C(C)C)(C(C)C)C(C)C)cc1. The Labute approximate surface area is 235 Å². The second-order valence-electron chi connectivity index (χ2n) is 11.5. The Morgan fingerprint density at radius 1 is 0.923 bits per heavy atom. The van der Waals surface area contributed by atoms with E-state index in [9.17, 15) is 18.0 Å². The summed E-state index contributed by atoms with van der Waals surface area (Å²) in [5.41, 5.74) is 3.06. The fraction of sp³-hybridized carbons (Fsp3) is 0.533. The highest BCUT2D eigenvalue weighted by Gasteiger charge is 2.51. The van der Waals surface area contributed by atoms with Crippen LogP contribution in [0.15, 0.2) is 53.4 Å². The van der Waals surface area contributed by atoms with E-state index in [2.05, 4.69) is 41.5 Å². The van der Waals surface area contributed by atoms with Gasteiger partial charge in [-0.25, -0.2) is 13.2 Å². The zero-order valence-electron chi connectivity index (χ0n) is 24.4. The Morgan fingerprint density at radius 2 is 1.46 bits per heavy atom. The van der Waals surface area contributed by atoms with Crippen molar-refractivity contribution in [3.8, 4) is 0 Å². The molecule has 39 heavy (non-hydrogen) atoms. The number of piperidine rings is 1. The first kappa shape index (κ1) is 31.2. The molecule has 0 N–H and O–H groups in total. The number of aryl methyl sites for hydroxylation is 1. The summed E-state index contributed by atoms with van der Waals surface area (Å²) in [6.45, 7) is 15.2. The van der Waals surface area contributed by atoms with E-state index < -0.39 is 36.3 Å². The number of rotatable bonds is 10. The standard InChI is InChI=1S/C30H43NO6SSi/c1-20(2)39(21(3)4,22(5)6)37-28-18-31(38(34,35)27-15-9-23(7)10-16-27)17-26(19-32)29(28)24-11-13-25(14-12-24)30(33)36-8/h9-16,19-22,26,28-29H,17-18H2,1-8H3. The quantitative estimate of drug-likeness (QED) is 0.198. The van der Waals surface area contributed by atoms with E-state index in [0.29, 0.717) is 5.56 Å². The number of benzene rings is 2. The van der Waals surface area contributed by atoms with Crippen LogP contribution in [-0.4, -0.2) is 59.6 Å². The van der Waals surface area contributed by atoms with Gasteiger partial charge in [-0.05, 0) is 53.4 Å². The molecule has 214 valence electrons. The van der Waals surface area contributed by atoms with E-state index in [-0.39, 0.29) is 40.5 Å². The number of carbonyl (C=O) groups excluding carboxylic acids is 2. The van der Waals surface area contributed by atoms with Gasteiger partial charge in [0.25, 0.3) is 0 Å². The average Bonchev–Trinajstić information content (AvgIpc) is 2.90. The summed E-state index contributed by atoms with van der Waals surface area (Å²) in [5.74, 6) is -1.42. The van der Waals surface area contributed by atoms with E-state index in [4.69, 9.17) is 9.16 Å². The van der Waals surface area contributed by atoms with Crippen molar-refractivity contribution >= 4 is 30.6 Å². The summed E-state index contributed by atoms with van der Waals surface area (Å²) >= 11 is 0. The van der Waals surface area contributed by atoms with Crippen LogP contribution in [0.3, 0.4) is 0 Å². The van der Waals surface area contributed by atoms with E-state index >= 15 is 0 Å². The zero-order chi connectivity index (χ0) is 29.1. The molecule has 0 spiro atoms. The van der Waals surface area contributed by atoms with Crippen LogP contribution < -0.4 is 0 Å². The summed E-state index contributed by atoms with van der Waals surface area (Å²) in [7, 11) is -4.97. The Balaban J connectivity index is 2.13. The molecule has 0 saturated carbocycles. The van der Waals surface area contributed by atoms with Crippen LogP contribution in [0.4, 0.5) is 0 Å². The first-order valence-corrected chi connectivity index (χ1v) is 17.3. The molecule has 0 aliphatic carbocycles. The number of nitrogens with zero attached hydrogens (tertiary/aromatic N) is 1. The van der Waals surface area contributed by atoms with Crippen LogP contribution in [0.1, 0.15) is 68.9 Å². The molecule has 1 heterocycles. The third kappa shape index (κ3) is 6.21. The Kier molecular flexibility index (Phi) is 9.96. The molecule has 7 nitrogen and oxygen atoms in total. The van der Waals surface area contributed by atoms with Gasteiger partial charge in [-0.15, -0.1) is 0 Å². The molecule has 3 unspecified atom stereocenters. The van der Waals surface area contributed by atoms with Gasteiger partial charge in [0.05, 0.1) is 23.7 Å². The Hall–Kier alpha value is -2.33. The third-order valence-electron chi connectivity index (χ3n) is 8.27. The van der Waals surface area contributed by atoms with Crippen LogP contribution in [-0.2, 0) is 24.0 Å². The number of ether oxygens (including phenoxy) is 1. The minimum atomic E-state index is -3.85. The highest BCUT2D eigenvalue weighted by atomic mass is 32.2. The number of esters is 1. The molecule has 0 aromatic heterocycles. The van der Waals surface area contributed by atoms with Crippen LogP contribution in [0.25, 0.3) is 0 Å². The van der Waals surface area contributed by atoms with Crippen molar-refractivity contribution < 1.29 is 27.2 Å². The number of methoxy groups -OCH3 is 1. The number of hydrogen-bond acceptors (Lipinski definition) is 6. The van der Waals surface area contributed by atoms with E-state index in [1.807, 2.05) is 19.1 Å². The molecule has 2 aromatic rings. The van der Waals surface area contributed by atoms with Gasteiger partial charge in [0, 0.05) is 24.9 Å². The Morgan fingerprint density at radius 3 is 1.92 bits per heavy atom.